The highest BCUT2D eigenvalue weighted by Gasteiger charge is 2.34. The van der Waals surface area contributed by atoms with Gasteiger partial charge in [-0.2, -0.15) is 0 Å². The monoisotopic (exact) mass is 325 g/mol. The molecule has 2 aromatic rings. The van der Waals surface area contributed by atoms with Crippen LogP contribution in [0.15, 0.2) is 42.5 Å². The summed E-state index contributed by atoms with van der Waals surface area (Å²) in [6.45, 7) is 5.08. The van der Waals surface area contributed by atoms with E-state index in [1.54, 1.807) is 4.90 Å². The van der Waals surface area contributed by atoms with Gasteiger partial charge in [-0.15, -0.1) is 0 Å². The van der Waals surface area contributed by atoms with Crippen LogP contribution in [0.2, 0.25) is 0 Å². The van der Waals surface area contributed by atoms with Gasteiger partial charge in [0.15, 0.2) is 11.5 Å². The predicted molar refractivity (Wildman–Crippen MR) is 95.1 cm³/mol. The molecule has 0 bridgehead atoms. The SMILES string of the molecule is CCOc1ccc(CC2C(=O)N(C)c3ccccc32)cc1OCC. The molecule has 1 unspecified atom stereocenters. The first-order chi connectivity index (χ1) is 11.7. The Labute approximate surface area is 143 Å². The standard InChI is InChI=1S/C20H23NO3/c1-4-23-18-11-10-14(13-19(18)24-5-2)12-16-15-8-6-7-9-17(15)21(3)20(16)22/h6-11,13,16H,4-5,12H2,1-3H3. The van der Waals surface area contributed by atoms with Crippen molar-refractivity contribution in [2.24, 2.45) is 0 Å². The fraction of sp³-hybridized carbons (Fsp3) is 0.350. The van der Waals surface area contributed by atoms with Crippen molar-refractivity contribution < 1.29 is 14.3 Å². The second-order valence-electron chi connectivity index (χ2n) is 5.86. The number of ether oxygens (including phenoxy) is 2. The number of carbonyl (C=O) groups excluding carboxylic acids is 1. The van der Waals surface area contributed by atoms with E-state index < -0.39 is 0 Å². The molecular weight excluding hydrogens is 302 g/mol. The van der Waals surface area contributed by atoms with Crippen LogP contribution >= 0.6 is 0 Å². The Kier molecular flexibility index (Phi) is 4.74. The molecule has 4 nitrogen and oxygen atoms in total. The molecule has 0 aromatic heterocycles. The number of hydrogen-bond donors (Lipinski definition) is 0. The Bertz CT molecular complexity index is 741. The zero-order chi connectivity index (χ0) is 17.1. The Balaban J connectivity index is 1.88. The van der Waals surface area contributed by atoms with E-state index in [-0.39, 0.29) is 11.8 Å². The van der Waals surface area contributed by atoms with Crippen LogP contribution in [0.4, 0.5) is 5.69 Å². The normalized spacial score (nSPS) is 16.2. The fourth-order valence-corrected chi connectivity index (χ4v) is 3.23. The van der Waals surface area contributed by atoms with Crippen molar-refractivity contribution in [2.45, 2.75) is 26.2 Å². The van der Waals surface area contributed by atoms with Gasteiger partial charge in [0, 0.05) is 12.7 Å². The maximum atomic E-state index is 12.6. The molecule has 0 fully saturated rings. The van der Waals surface area contributed by atoms with Crippen LogP contribution in [0, 0.1) is 0 Å². The average Bonchev–Trinajstić information content (AvgIpc) is 2.83. The molecule has 1 aliphatic heterocycles. The fourth-order valence-electron chi connectivity index (χ4n) is 3.23. The van der Waals surface area contributed by atoms with Crippen molar-refractivity contribution in [1.82, 2.24) is 0 Å². The van der Waals surface area contributed by atoms with E-state index >= 15 is 0 Å². The largest absolute Gasteiger partial charge is 0.490 e. The Hall–Kier alpha value is -2.49. The van der Waals surface area contributed by atoms with Crippen molar-refractivity contribution in [2.75, 3.05) is 25.2 Å². The molecule has 0 saturated heterocycles. The molecule has 4 heteroatoms. The minimum atomic E-state index is -0.140. The molecule has 1 heterocycles. The zero-order valence-corrected chi connectivity index (χ0v) is 14.4. The molecule has 0 saturated carbocycles. The van der Waals surface area contributed by atoms with Crippen molar-refractivity contribution in [3.05, 3.63) is 53.6 Å². The van der Waals surface area contributed by atoms with Crippen LogP contribution in [-0.2, 0) is 11.2 Å². The predicted octanol–water partition coefficient (Wildman–Crippen LogP) is 3.79. The lowest BCUT2D eigenvalue weighted by Gasteiger charge is -2.15. The van der Waals surface area contributed by atoms with Crippen molar-refractivity contribution in [3.8, 4) is 11.5 Å². The van der Waals surface area contributed by atoms with E-state index in [2.05, 4.69) is 0 Å². The number of nitrogens with zero attached hydrogens (tertiary/aromatic N) is 1. The van der Waals surface area contributed by atoms with E-state index in [0.29, 0.717) is 19.6 Å². The smallest absolute Gasteiger partial charge is 0.234 e. The van der Waals surface area contributed by atoms with Gasteiger partial charge in [0.1, 0.15) is 0 Å². The third-order valence-electron chi connectivity index (χ3n) is 4.35. The number of para-hydroxylation sites is 1. The minimum Gasteiger partial charge on any atom is -0.490 e. The highest BCUT2D eigenvalue weighted by molar-refractivity contribution is 6.04. The van der Waals surface area contributed by atoms with Crippen LogP contribution in [0.25, 0.3) is 0 Å². The first-order valence-corrected chi connectivity index (χ1v) is 8.40. The number of benzene rings is 2. The Morgan fingerprint density at radius 2 is 1.71 bits per heavy atom. The van der Waals surface area contributed by atoms with Gasteiger partial charge in [-0.05, 0) is 49.6 Å². The summed E-state index contributed by atoms with van der Waals surface area (Å²) in [4.78, 5) is 14.4. The number of carbonyl (C=O) groups is 1. The van der Waals surface area contributed by atoms with Crippen LogP contribution in [0.3, 0.4) is 0 Å². The van der Waals surface area contributed by atoms with E-state index in [0.717, 1.165) is 28.3 Å². The van der Waals surface area contributed by atoms with Gasteiger partial charge >= 0.3 is 0 Å². The lowest BCUT2D eigenvalue weighted by atomic mass is 9.93. The maximum absolute atomic E-state index is 12.6. The number of rotatable bonds is 6. The van der Waals surface area contributed by atoms with Crippen LogP contribution in [-0.4, -0.2) is 26.2 Å². The van der Waals surface area contributed by atoms with E-state index in [9.17, 15) is 4.79 Å². The molecule has 2 aromatic carbocycles. The zero-order valence-electron chi connectivity index (χ0n) is 14.4. The van der Waals surface area contributed by atoms with Gasteiger partial charge in [0.2, 0.25) is 5.91 Å². The van der Waals surface area contributed by atoms with Gasteiger partial charge in [0.05, 0.1) is 19.1 Å². The van der Waals surface area contributed by atoms with Crippen LogP contribution in [0.1, 0.15) is 30.9 Å². The highest BCUT2D eigenvalue weighted by Crippen LogP contribution is 2.39. The molecule has 1 amide bonds. The molecule has 0 aliphatic carbocycles. The molecule has 3 rings (SSSR count). The summed E-state index contributed by atoms with van der Waals surface area (Å²) in [6.07, 6.45) is 0.659. The summed E-state index contributed by atoms with van der Waals surface area (Å²) in [5.74, 6) is 1.49. The number of anilines is 1. The number of likely N-dealkylation sites (N-methyl/N-ethyl adjacent to an activating group) is 1. The molecule has 0 N–H and O–H groups in total. The Morgan fingerprint density at radius 3 is 2.46 bits per heavy atom. The number of amides is 1. The first-order valence-electron chi connectivity index (χ1n) is 8.40. The van der Waals surface area contributed by atoms with Gasteiger partial charge in [-0.3, -0.25) is 4.79 Å². The van der Waals surface area contributed by atoms with Crippen LogP contribution < -0.4 is 14.4 Å². The van der Waals surface area contributed by atoms with Crippen molar-refractivity contribution in [3.63, 3.8) is 0 Å². The van der Waals surface area contributed by atoms with Gasteiger partial charge in [0.25, 0.3) is 0 Å². The van der Waals surface area contributed by atoms with E-state index in [4.69, 9.17) is 9.47 Å². The van der Waals surface area contributed by atoms with Gasteiger partial charge in [-0.1, -0.05) is 24.3 Å². The number of fused-ring (bicyclic) bond motifs is 1. The summed E-state index contributed by atoms with van der Waals surface area (Å²) >= 11 is 0. The molecule has 126 valence electrons. The van der Waals surface area contributed by atoms with E-state index in [1.807, 2.05) is 63.4 Å². The summed E-state index contributed by atoms with van der Waals surface area (Å²) in [5.41, 5.74) is 3.17. The second-order valence-corrected chi connectivity index (χ2v) is 5.86. The first kappa shape index (κ1) is 16.4. The quantitative estimate of drug-likeness (QED) is 0.811. The molecule has 1 aliphatic rings. The molecule has 1 atom stereocenters. The average molecular weight is 325 g/mol. The third-order valence-corrected chi connectivity index (χ3v) is 4.35. The number of hydrogen-bond acceptors (Lipinski definition) is 3. The van der Waals surface area contributed by atoms with Gasteiger partial charge in [-0.25, -0.2) is 0 Å². The summed E-state index contributed by atoms with van der Waals surface area (Å²) in [7, 11) is 1.84. The topological polar surface area (TPSA) is 38.8 Å². The third kappa shape index (κ3) is 2.96. The molecule has 0 radical (unpaired) electrons. The summed E-state index contributed by atoms with van der Waals surface area (Å²) in [5, 5.41) is 0. The summed E-state index contributed by atoms with van der Waals surface area (Å²) in [6, 6.07) is 13.9. The lowest BCUT2D eigenvalue weighted by molar-refractivity contribution is -0.119. The molecular formula is C20H23NO3. The van der Waals surface area contributed by atoms with Crippen molar-refractivity contribution >= 4 is 11.6 Å². The second kappa shape index (κ2) is 6.95. The van der Waals surface area contributed by atoms with Crippen molar-refractivity contribution in [1.29, 1.82) is 0 Å². The molecule has 0 spiro atoms. The van der Waals surface area contributed by atoms with Gasteiger partial charge < -0.3 is 14.4 Å². The lowest BCUT2D eigenvalue weighted by Crippen LogP contribution is -2.24. The summed E-state index contributed by atoms with van der Waals surface area (Å²) < 4.78 is 11.3. The minimum absolute atomic E-state index is 0.140. The highest BCUT2D eigenvalue weighted by atomic mass is 16.5. The van der Waals surface area contributed by atoms with Crippen LogP contribution in [0.5, 0.6) is 11.5 Å². The molecule has 24 heavy (non-hydrogen) atoms. The Morgan fingerprint density at radius 1 is 1.00 bits per heavy atom. The maximum Gasteiger partial charge on any atom is 0.234 e. The van der Waals surface area contributed by atoms with E-state index in [1.165, 1.54) is 0 Å².